The highest BCUT2D eigenvalue weighted by molar-refractivity contribution is 7.89. The van der Waals surface area contributed by atoms with Gasteiger partial charge in [0.05, 0.1) is 5.02 Å². The van der Waals surface area contributed by atoms with E-state index in [1.165, 1.54) is 22.0 Å². The molecule has 0 atom stereocenters. The smallest absolute Gasteiger partial charge is 0.251 e. The van der Waals surface area contributed by atoms with Crippen LogP contribution in [0.2, 0.25) is 5.02 Å². The second-order valence-electron chi connectivity index (χ2n) is 8.55. The molecule has 0 radical (unpaired) electrons. The molecule has 32 heavy (non-hydrogen) atoms. The molecule has 2 aromatic carbocycles. The van der Waals surface area contributed by atoms with Crippen molar-refractivity contribution in [2.75, 3.05) is 32.8 Å². The minimum absolute atomic E-state index is 0.00226. The second kappa shape index (κ2) is 9.91. The van der Waals surface area contributed by atoms with Gasteiger partial charge in [-0.25, -0.2) is 8.42 Å². The summed E-state index contributed by atoms with van der Waals surface area (Å²) in [7, 11) is -3.73. The lowest BCUT2D eigenvalue weighted by Gasteiger charge is -2.38. The van der Waals surface area contributed by atoms with E-state index in [1.54, 1.807) is 6.07 Å². The molecule has 8 heteroatoms. The SMILES string of the molecule is O=C(NCC1(c2ccccc2)CCOCC1)c1ccc(Cl)c(S(=O)(=O)N2CCCCC2)c1. The summed E-state index contributed by atoms with van der Waals surface area (Å²) in [6, 6.07) is 14.6. The minimum Gasteiger partial charge on any atom is -0.381 e. The summed E-state index contributed by atoms with van der Waals surface area (Å²) in [6.07, 6.45) is 4.32. The summed E-state index contributed by atoms with van der Waals surface area (Å²) in [6.45, 7) is 2.71. The molecule has 0 unspecified atom stereocenters. The number of carbonyl (C=O) groups excluding carboxylic acids is 1. The number of benzene rings is 2. The topological polar surface area (TPSA) is 75.7 Å². The van der Waals surface area contributed by atoms with Gasteiger partial charge in [0.1, 0.15) is 4.90 Å². The molecule has 1 N–H and O–H groups in total. The van der Waals surface area contributed by atoms with Gasteiger partial charge < -0.3 is 10.1 Å². The van der Waals surface area contributed by atoms with Gasteiger partial charge in [0.15, 0.2) is 0 Å². The number of halogens is 1. The first-order valence-electron chi connectivity index (χ1n) is 11.1. The summed E-state index contributed by atoms with van der Waals surface area (Å²) < 4.78 is 33.3. The number of rotatable bonds is 6. The van der Waals surface area contributed by atoms with Gasteiger partial charge in [-0.15, -0.1) is 0 Å². The van der Waals surface area contributed by atoms with Gasteiger partial charge in [0.25, 0.3) is 5.91 Å². The van der Waals surface area contributed by atoms with Gasteiger partial charge >= 0.3 is 0 Å². The molecule has 1 amide bonds. The van der Waals surface area contributed by atoms with Gasteiger partial charge in [-0.3, -0.25) is 4.79 Å². The summed E-state index contributed by atoms with van der Waals surface area (Å²) in [5, 5.41) is 3.18. The number of carbonyl (C=O) groups is 1. The van der Waals surface area contributed by atoms with Crippen LogP contribution in [0.15, 0.2) is 53.4 Å². The molecule has 0 saturated carbocycles. The van der Waals surface area contributed by atoms with Crippen LogP contribution < -0.4 is 5.32 Å². The van der Waals surface area contributed by atoms with Crippen molar-refractivity contribution in [3.05, 3.63) is 64.7 Å². The molecule has 2 aliphatic rings. The molecule has 4 rings (SSSR count). The molecule has 0 aliphatic carbocycles. The predicted octanol–water partition coefficient (Wildman–Crippen LogP) is 3.99. The van der Waals surface area contributed by atoms with Crippen molar-refractivity contribution >= 4 is 27.5 Å². The Bertz CT molecular complexity index is 1050. The molecule has 0 bridgehead atoms. The fourth-order valence-corrected chi connectivity index (χ4v) is 6.58. The molecule has 2 fully saturated rings. The first-order chi connectivity index (χ1) is 15.4. The highest BCUT2D eigenvalue weighted by atomic mass is 35.5. The second-order valence-corrected chi connectivity index (χ2v) is 10.9. The summed E-state index contributed by atoms with van der Waals surface area (Å²) >= 11 is 6.25. The Kier molecular flexibility index (Phi) is 7.20. The lowest BCUT2D eigenvalue weighted by Crippen LogP contribution is -2.44. The molecule has 2 aromatic rings. The van der Waals surface area contributed by atoms with E-state index in [0.717, 1.165) is 32.1 Å². The number of nitrogens with one attached hydrogen (secondary N) is 1. The summed E-state index contributed by atoms with van der Waals surface area (Å²) in [5.74, 6) is -0.307. The standard InChI is InChI=1S/C24H29ClN2O4S/c25-21-10-9-19(17-22(21)32(29,30)27-13-5-2-6-14-27)23(28)26-18-24(11-15-31-16-12-24)20-7-3-1-4-8-20/h1,3-4,7-10,17H,2,5-6,11-16,18H2,(H,26,28). The van der Waals surface area contributed by atoms with Crippen LogP contribution in [0.1, 0.15) is 48.0 Å². The van der Waals surface area contributed by atoms with Crippen molar-refractivity contribution in [1.82, 2.24) is 9.62 Å². The molecule has 0 spiro atoms. The number of amides is 1. The fourth-order valence-electron chi connectivity index (χ4n) is 4.56. The van der Waals surface area contributed by atoms with Gasteiger partial charge in [-0.1, -0.05) is 48.4 Å². The maximum Gasteiger partial charge on any atom is 0.251 e. The average Bonchev–Trinajstić information content (AvgIpc) is 2.84. The van der Waals surface area contributed by atoms with E-state index >= 15 is 0 Å². The Labute approximate surface area is 195 Å². The Balaban J connectivity index is 1.54. The Morgan fingerprint density at radius 1 is 1.03 bits per heavy atom. The third-order valence-electron chi connectivity index (χ3n) is 6.55. The van der Waals surface area contributed by atoms with Crippen LogP contribution in [0.25, 0.3) is 0 Å². The van der Waals surface area contributed by atoms with Crippen molar-refractivity contribution in [3.63, 3.8) is 0 Å². The summed E-state index contributed by atoms with van der Waals surface area (Å²) in [5.41, 5.74) is 1.26. The van der Waals surface area contributed by atoms with Gasteiger partial charge in [-0.05, 0) is 49.4 Å². The van der Waals surface area contributed by atoms with E-state index in [-0.39, 0.29) is 21.2 Å². The lowest BCUT2D eigenvalue weighted by molar-refractivity contribution is 0.0487. The molecule has 2 heterocycles. The van der Waals surface area contributed by atoms with E-state index in [0.29, 0.717) is 38.4 Å². The third kappa shape index (κ3) is 4.86. The molecule has 0 aromatic heterocycles. The number of piperidine rings is 1. The van der Waals surface area contributed by atoms with Crippen molar-refractivity contribution in [2.45, 2.75) is 42.4 Å². The van der Waals surface area contributed by atoms with Crippen molar-refractivity contribution < 1.29 is 17.9 Å². The number of hydrogen-bond donors (Lipinski definition) is 1. The quantitative estimate of drug-likeness (QED) is 0.683. The van der Waals surface area contributed by atoms with E-state index in [9.17, 15) is 13.2 Å². The average molecular weight is 477 g/mol. The largest absolute Gasteiger partial charge is 0.381 e. The highest BCUT2D eigenvalue weighted by Crippen LogP contribution is 2.34. The van der Waals surface area contributed by atoms with Crippen LogP contribution in [0.4, 0.5) is 0 Å². The summed E-state index contributed by atoms with van der Waals surface area (Å²) in [4.78, 5) is 13.0. The number of hydrogen-bond acceptors (Lipinski definition) is 4. The lowest BCUT2D eigenvalue weighted by atomic mass is 9.74. The van der Waals surface area contributed by atoms with Gasteiger partial charge in [0.2, 0.25) is 10.0 Å². The minimum atomic E-state index is -3.73. The molecule has 172 valence electrons. The van der Waals surface area contributed by atoms with Crippen LogP contribution in [-0.4, -0.2) is 51.5 Å². The predicted molar refractivity (Wildman–Crippen MR) is 125 cm³/mol. The Morgan fingerprint density at radius 2 is 1.72 bits per heavy atom. The van der Waals surface area contributed by atoms with E-state index in [2.05, 4.69) is 17.4 Å². The Hall–Kier alpha value is -1.93. The van der Waals surface area contributed by atoms with Crippen LogP contribution >= 0.6 is 11.6 Å². The molecule has 2 saturated heterocycles. The molecular weight excluding hydrogens is 448 g/mol. The van der Waals surface area contributed by atoms with E-state index in [1.807, 2.05) is 18.2 Å². The molecule has 6 nitrogen and oxygen atoms in total. The van der Waals surface area contributed by atoms with Crippen LogP contribution in [0, 0.1) is 0 Å². The number of sulfonamides is 1. The third-order valence-corrected chi connectivity index (χ3v) is 8.93. The van der Waals surface area contributed by atoms with Gasteiger partial charge in [0, 0.05) is 43.8 Å². The van der Waals surface area contributed by atoms with E-state index < -0.39 is 10.0 Å². The van der Waals surface area contributed by atoms with Crippen LogP contribution in [-0.2, 0) is 20.2 Å². The van der Waals surface area contributed by atoms with Crippen LogP contribution in [0.3, 0.4) is 0 Å². The first-order valence-corrected chi connectivity index (χ1v) is 13.0. The maximum atomic E-state index is 13.1. The monoisotopic (exact) mass is 476 g/mol. The zero-order chi connectivity index (χ0) is 22.6. The van der Waals surface area contributed by atoms with Crippen LogP contribution in [0.5, 0.6) is 0 Å². The zero-order valence-electron chi connectivity index (χ0n) is 18.1. The van der Waals surface area contributed by atoms with Gasteiger partial charge in [-0.2, -0.15) is 4.31 Å². The van der Waals surface area contributed by atoms with Crippen molar-refractivity contribution in [2.24, 2.45) is 0 Å². The fraction of sp³-hybridized carbons (Fsp3) is 0.458. The normalized spacial score (nSPS) is 19.4. The number of ether oxygens (including phenoxy) is 1. The zero-order valence-corrected chi connectivity index (χ0v) is 19.6. The highest BCUT2D eigenvalue weighted by Gasteiger charge is 2.35. The van der Waals surface area contributed by atoms with Crippen molar-refractivity contribution in [1.29, 1.82) is 0 Å². The molecular formula is C24H29ClN2O4S. The maximum absolute atomic E-state index is 13.1. The number of nitrogens with zero attached hydrogens (tertiary/aromatic N) is 1. The first kappa shape index (κ1) is 23.2. The van der Waals surface area contributed by atoms with Crippen molar-refractivity contribution in [3.8, 4) is 0 Å². The molecule has 2 aliphatic heterocycles. The Morgan fingerprint density at radius 3 is 2.41 bits per heavy atom. The van der Waals surface area contributed by atoms with E-state index in [4.69, 9.17) is 16.3 Å².